The smallest absolute Gasteiger partial charge is 0.207 e. The monoisotopic (exact) mass is 323 g/mol. The van der Waals surface area contributed by atoms with Crippen molar-refractivity contribution in [2.45, 2.75) is 0 Å². The summed E-state index contributed by atoms with van der Waals surface area (Å²) in [6, 6.07) is 3.87. The van der Waals surface area contributed by atoms with Gasteiger partial charge < -0.3 is 0 Å². The Labute approximate surface area is 97.3 Å². The zero-order chi connectivity index (χ0) is 9.26. The fraction of sp³-hybridized carbons (Fsp3) is 0. The number of hydrogen-bond acceptors (Lipinski definition) is 4. The van der Waals surface area contributed by atoms with Gasteiger partial charge in [-0.1, -0.05) is 11.3 Å². The molecule has 6 heteroatoms. The van der Waals surface area contributed by atoms with Crippen LogP contribution in [0.1, 0.15) is 0 Å². The third kappa shape index (κ3) is 2.15. The Morgan fingerprint density at radius 3 is 2.85 bits per heavy atom. The van der Waals surface area contributed by atoms with E-state index in [1.807, 2.05) is 12.1 Å². The zero-order valence-electron chi connectivity index (χ0n) is 6.24. The van der Waals surface area contributed by atoms with Gasteiger partial charge in [0.25, 0.3) is 0 Å². The summed E-state index contributed by atoms with van der Waals surface area (Å²) in [5.41, 5.74) is 0.816. The quantitative estimate of drug-likeness (QED) is 0.758. The second kappa shape index (κ2) is 3.85. The van der Waals surface area contributed by atoms with Gasteiger partial charge in [0.2, 0.25) is 4.47 Å². The predicted molar refractivity (Wildman–Crippen MR) is 60.9 cm³/mol. The van der Waals surface area contributed by atoms with Crippen LogP contribution >= 0.6 is 45.5 Å². The van der Waals surface area contributed by atoms with Crippen LogP contribution in [0.2, 0.25) is 4.47 Å². The largest absolute Gasteiger partial charge is 0.254 e. The average Bonchev–Trinajstić information content (AvgIpc) is 2.52. The van der Waals surface area contributed by atoms with Gasteiger partial charge in [0.15, 0.2) is 5.01 Å². The Hall–Kier alpha value is -0.270. The van der Waals surface area contributed by atoms with E-state index in [1.54, 1.807) is 6.20 Å². The summed E-state index contributed by atoms with van der Waals surface area (Å²) in [5, 5.41) is 8.37. The highest BCUT2D eigenvalue weighted by Gasteiger charge is 2.05. The van der Waals surface area contributed by atoms with Crippen molar-refractivity contribution in [2.75, 3.05) is 0 Å². The first-order chi connectivity index (χ1) is 6.25. The predicted octanol–water partition coefficient (Wildman–Crippen LogP) is 2.86. The molecule has 0 atom stereocenters. The van der Waals surface area contributed by atoms with Gasteiger partial charge in [-0.2, -0.15) is 0 Å². The lowest BCUT2D eigenvalue weighted by Crippen LogP contribution is -1.82. The fourth-order valence-corrected chi connectivity index (χ4v) is 2.08. The van der Waals surface area contributed by atoms with Gasteiger partial charge in [-0.15, -0.1) is 10.2 Å². The third-order valence-electron chi connectivity index (χ3n) is 1.34. The van der Waals surface area contributed by atoms with Gasteiger partial charge in [-0.3, -0.25) is 4.98 Å². The SMILES string of the molecule is Clc1nnc(-c2cc(I)ccn2)s1. The summed E-state index contributed by atoms with van der Waals surface area (Å²) >= 11 is 9.21. The summed E-state index contributed by atoms with van der Waals surface area (Å²) in [6.07, 6.45) is 1.74. The van der Waals surface area contributed by atoms with Crippen LogP contribution in [-0.2, 0) is 0 Å². The van der Waals surface area contributed by atoms with Crippen LogP contribution < -0.4 is 0 Å². The van der Waals surface area contributed by atoms with Crippen LogP contribution in [0.5, 0.6) is 0 Å². The van der Waals surface area contributed by atoms with Crippen LogP contribution in [0.15, 0.2) is 18.3 Å². The maximum atomic E-state index is 5.67. The highest BCUT2D eigenvalue weighted by atomic mass is 127. The van der Waals surface area contributed by atoms with E-state index in [2.05, 4.69) is 37.8 Å². The maximum absolute atomic E-state index is 5.67. The molecule has 0 aliphatic carbocycles. The summed E-state index contributed by atoms with van der Waals surface area (Å²) in [7, 11) is 0. The normalized spacial score (nSPS) is 10.3. The number of hydrogen-bond donors (Lipinski definition) is 0. The lowest BCUT2D eigenvalue weighted by Gasteiger charge is -1.93. The highest BCUT2D eigenvalue weighted by molar-refractivity contribution is 14.1. The van der Waals surface area contributed by atoms with Crippen LogP contribution in [0, 0.1) is 3.57 Å². The molecular formula is C7H3ClIN3S. The van der Waals surface area contributed by atoms with Gasteiger partial charge in [0, 0.05) is 9.77 Å². The molecule has 2 aromatic rings. The molecule has 13 heavy (non-hydrogen) atoms. The van der Waals surface area contributed by atoms with Crippen molar-refractivity contribution in [3.8, 4) is 10.7 Å². The van der Waals surface area contributed by atoms with Gasteiger partial charge in [-0.25, -0.2) is 0 Å². The molecule has 0 saturated carbocycles. The van der Waals surface area contributed by atoms with E-state index < -0.39 is 0 Å². The van der Waals surface area contributed by atoms with E-state index in [4.69, 9.17) is 11.6 Å². The molecule has 0 N–H and O–H groups in total. The Morgan fingerprint density at radius 2 is 2.23 bits per heavy atom. The van der Waals surface area contributed by atoms with Crippen LogP contribution in [0.4, 0.5) is 0 Å². The lowest BCUT2D eigenvalue weighted by atomic mass is 10.4. The van der Waals surface area contributed by atoms with Gasteiger partial charge in [-0.05, 0) is 46.3 Å². The Balaban J connectivity index is 2.46. The molecule has 0 aliphatic heterocycles. The first-order valence-corrected chi connectivity index (χ1v) is 5.64. The summed E-state index contributed by atoms with van der Waals surface area (Å²) in [5.74, 6) is 0. The molecule has 66 valence electrons. The molecule has 0 radical (unpaired) electrons. The molecule has 2 aromatic heterocycles. The molecule has 2 heterocycles. The van der Waals surface area contributed by atoms with Gasteiger partial charge in [0.1, 0.15) is 5.69 Å². The molecule has 0 bridgehead atoms. The zero-order valence-corrected chi connectivity index (χ0v) is 9.97. The van der Waals surface area contributed by atoms with E-state index in [0.29, 0.717) is 4.47 Å². The topological polar surface area (TPSA) is 38.7 Å². The van der Waals surface area contributed by atoms with Gasteiger partial charge >= 0.3 is 0 Å². The van der Waals surface area contributed by atoms with E-state index in [-0.39, 0.29) is 0 Å². The summed E-state index contributed by atoms with van der Waals surface area (Å²) in [6.45, 7) is 0. The van der Waals surface area contributed by atoms with Crippen molar-refractivity contribution >= 4 is 45.5 Å². The number of halogens is 2. The molecule has 0 fully saturated rings. The molecule has 0 spiro atoms. The fourth-order valence-electron chi connectivity index (χ4n) is 0.831. The number of aromatic nitrogens is 3. The van der Waals surface area contributed by atoms with Crippen LogP contribution in [0.25, 0.3) is 10.7 Å². The van der Waals surface area contributed by atoms with E-state index >= 15 is 0 Å². The average molecular weight is 324 g/mol. The molecule has 2 rings (SSSR count). The van der Waals surface area contributed by atoms with Crippen LogP contribution in [-0.4, -0.2) is 15.2 Å². The Bertz CT molecular complexity index is 431. The maximum Gasteiger partial charge on any atom is 0.207 e. The number of rotatable bonds is 1. The van der Waals surface area contributed by atoms with Gasteiger partial charge in [0.05, 0.1) is 0 Å². The molecular weight excluding hydrogens is 321 g/mol. The molecule has 0 saturated heterocycles. The second-order valence-corrected chi connectivity index (χ2v) is 5.02. The van der Waals surface area contributed by atoms with Crippen LogP contribution in [0.3, 0.4) is 0 Å². The second-order valence-electron chi connectivity index (χ2n) is 2.22. The number of nitrogens with zero attached hydrogens (tertiary/aromatic N) is 3. The minimum Gasteiger partial charge on any atom is -0.254 e. The lowest BCUT2D eigenvalue weighted by molar-refractivity contribution is 1.09. The van der Waals surface area contributed by atoms with E-state index in [9.17, 15) is 0 Å². The highest BCUT2D eigenvalue weighted by Crippen LogP contribution is 2.24. The Morgan fingerprint density at radius 1 is 1.38 bits per heavy atom. The summed E-state index contributed by atoms with van der Waals surface area (Å²) < 4.78 is 1.56. The van der Waals surface area contributed by atoms with Crippen molar-refractivity contribution in [1.82, 2.24) is 15.2 Å². The first kappa shape index (κ1) is 9.29. The minimum atomic E-state index is 0.440. The van der Waals surface area contributed by atoms with Crippen molar-refractivity contribution in [1.29, 1.82) is 0 Å². The molecule has 0 aromatic carbocycles. The molecule has 0 amide bonds. The van der Waals surface area contributed by atoms with E-state index in [0.717, 1.165) is 14.3 Å². The molecule has 3 nitrogen and oxygen atoms in total. The first-order valence-electron chi connectivity index (χ1n) is 3.36. The molecule has 0 unspecified atom stereocenters. The number of pyridine rings is 1. The standard InChI is InChI=1S/C7H3ClIN3S/c8-7-12-11-6(13-7)5-3-4(9)1-2-10-5/h1-3H. The van der Waals surface area contributed by atoms with Crippen molar-refractivity contribution in [2.24, 2.45) is 0 Å². The minimum absolute atomic E-state index is 0.440. The van der Waals surface area contributed by atoms with Crippen molar-refractivity contribution in [3.05, 3.63) is 26.4 Å². The van der Waals surface area contributed by atoms with Crippen molar-refractivity contribution < 1.29 is 0 Å². The summed E-state index contributed by atoms with van der Waals surface area (Å²) in [4.78, 5) is 4.17. The van der Waals surface area contributed by atoms with Crippen molar-refractivity contribution in [3.63, 3.8) is 0 Å². The Kier molecular flexibility index (Phi) is 2.75. The third-order valence-corrected chi connectivity index (χ3v) is 3.05. The van der Waals surface area contributed by atoms with E-state index in [1.165, 1.54) is 11.3 Å². The molecule has 0 aliphatic rings.